The van der Waals surface area contributed by atoms with Crippen molar-refractivity contribution in [2.75, 3.05) is 17.0 Å². The molecule has 4 aromatic carbocycles. The van der Waals surface area contributed by atoms with Crippen molar-refractivity contribution in [3.05, 3.63) is 114 Å². The minimum absolute atomic E-state index is 0. The van der Waals surface area contributed by atoms with E-state index in [1.807, 2.05) is 30.3 Å². The standard InChI is InChI=1S/C29H27N5O5S.CH4/c1-40(38,39)26-13-6-5-12-25(26)21-14-16-23(17-15-21)31-28(35)34(19-20-8-3-2-4-9-20)33-24-11-7-10-22(18-24)27(30)32-29(36)37;/h2-18,33H,19H2,1H3,(H2,30,32)(H,31,35)(H,36,37);1H4. The Kier molecular flexibility index (Phi) is 9.83. The van der Waals surface area contributed by atoms with Gasteiger partial charge in [0.1, 0.15) is 5.84 Å². The highest BCUT2D eigenvalue weighted by Crippen LogP contribution is 2.28. The summed E-state index contributed by atoms with van der Waals surface area (Å²) < 4.78 is 24.4. The molecule has 0 fully saturated rings. The molecule has 0 aliphatic rings. The fourth-order valence-electron chi connectivity index (χ4n) is 3.95. The Morgan fingerprint density at radius 3 is 2.20 bits per heavy atom. The van der Waals surface area contributed by atoms with Crippen LogP contribution in [0.15, 0.2) is 113 Å². The molecule has 5 N–H and O–H groups in total. The van der Waals surface area contributed by atoms with Gasteiger partial charge >= 0.3 is 12.1 Å². The van der Waals surface area contributed by atoms with Gasteiger partial charge in [0.15, 0.2) is 9.84 Å². The molecule has 0 bridgehead atoms. The van der Waals surface area contributed by atoms with Gasteiger partial charge in [-0.25, -0.2) is 23.0 Å². The summed E-state index contributed by atoms with van der Waals surface area (Å²) in [7, 11) is -3.43. The van der Waals surface area contributed by atoms with Crippen LogP contribution in [-0.4, -0.2) is 42.7 Å². The van der Waals surface area contributed by atoms with E-state index < -0.39 is 22.0 Å². The van der Waals surface area contributed by atoms with Gasteiger partial charge in [-0.1, -0.05) is 80.2 Å². The highest BCUT2D eigenvalue weighted by atomic mass is 32.2. The molecule has 0 aliphatic carbocycles. The number of benzene rings is 4. The molecule has 3 amide bonds. The molecule has 4 aromatic rings. The maximum absolute atomic E-state index is 13.4. The van der Waals surface area contributed by atoms with Crippen molar-refractivity contribution in [1.29, 1.82) is 0 Å². The molecule has 0 aromatic heterocycles. The van der Waals surface area contributed by atoms with Crippen LogP contribution in [-0.2, 0) is 16.4 Å². The van der Waals surface area contributed by atoms with Gasteiger partial charge in [-0.3, -0.25) is 5.43 Å². The molecule has 0 radical (unpaired) electrons. The number of sulfone groups is 1. The molecule has 0 spiro atoms. The van der Waals surface area contributed by atoms with Crippen LogP contribution in [0.5, 0.6) is 0 Å². The monoisotopic (exact) mass is 573 g/mol. The van der Waals surface area contributed by atoms with Crippen LogP contribution in [0.3, 0.4) is 0 Å². The third kappa shape index (κ3) is 8.16. The first-order valence-electron chi connectivity index (χ1n) is 12.1. The fraction of sp³-hybridized carbons (Fsp3) is 0.100. The number of urea groups is 1. The number of nitrogens with one attached hydrogen (secondary N) is 2. The van der Waals surface area contributed by atoms with Gasteiger partial charge in [-0.15, -0.1) is 0 Å². The zero-order chi connectivity index (χ0) is 28.7. The van der Waals surface area contributed by atoms with Crippen molar-refractivity contribution in [1.82, 2.24) is 5.01 Å². The quantitative estimate of drug-likeness (QED) is 0.117. The molecule has 10 nitrogen and oxygen atoms in total. The average Bonchev–Trinajstić information content (AvgIpc) is 2.93. The summed E-state index contributed by atoms with van der Waals surface area (Å²) in [6, 6.07) is 29.0. The zero-order valence-electron chi connectivity index (χ0n) is 21.5. The van der Waals surface area contributed by atoms with Gasteiger partial charge in [0.25, 0.3) is 0 Å². The average molecular weight is 574 g/mol. The minimum atomic E-state index is -3.43. The second-order valence-corrected chi connectivity index (χ2v) is 10.8. The highest BCUT2D eigenvalue weighted by molar-refractivity contribution is 7.90. The van der Waals surface area contributed by atoms with Crippen molar-refractivity contribution in [3.8, 4) is 11.1 Å². The Morgan fingerprint density at radius 1 is 0.878 bits per heavy atom. The molecular formula is C30H31N5O5S. The van der Waals surface area contributed by atoms with E-state index in [0.29, 0.717) is 28.1 Å². The Morgan fingerprint density at radius 2 is 1.54 bits per heavy atom. The summed E-state index contributed by atoms with van der Waals surface area (Å²) in [5.74, 6) is -0.173. The van der Waals surface area contributed by atoms with E-state index in [0.717, 1.165) is 11.8 Å². The number of carbonyl (C=O) groups is 2. The summed E-state index contributed by atoms with van der Waals surface area (Å²) in [5, 5.41) is 13.1. The third-order valence-corrected chi connectivity index (χ3v) is 6.96. The zero-order valence-corrected chi connectivity index (χ0v) is 22.3. The number of amides is 3. The number of aliphatic imine (C=N–C) groups is 1. The van der Waals surface area contributed by atoms with E-state index in [1.54, 1.807) is 72.8 Å². The molecule has 0 aliphatic heterocycles. The Bertz CT molecular complexity index is 1660. The number of anilines is 2. The molecule has 212 valence electrons. The van der Waals surface area contributed by atoms with Crippen LogP contribution >= 0.6 is 0 Å². The molecule has 0 unspecified atom stereocenters. The number of hydrazine groups is 1. The summed E-state index contributed by atoms with van der Waals surface area (Å²) in [4.78, 5) is 27.8. The van der Waals surface area contributed by atoms with Crippen LogP contribution in [0.1, 0.15) is 18.6 Å². The van der Waals surface area contributed by atoms with Crippen LogP contribution in [0.4, 0.5) is 21.0 Å². The lowest BCUT2D eigenvalue weighted by Crippen LogP contribution is -2.39. The molecule has 4 rings (SSSR count). The van der Waals surface area contributed by atoms with Crippen molar-refractivity contribution in [3.63, 3.8) is 0 Å². The topological polar surface area (TPSA) is 154 Å². The van der Waals surface area contributed by atoms with Crippen LogP contribution < -0.4 is 16.5 Å². The molecular weight excluding hydrogens is 542 g/mol. The largest absolute Gasteiger partial charge is 0.463 e. The van der Waals surface area contributed by atoms with Gasteiger partial charge in [0.05, 0.1) is 17.1 Å². The SMILES string of the molecule is C.CS(=O)(=O)c1ccccc1-c1ccc(NC(=O)N(Cc2ccccc2)Nc2cccc(C(N)=NC(=O)O)c2)cc1. The Labute approximate surface area is 239 Å². The minimum Gasteiger partial charge on any atom is -0.463 e. The summed E-state index contributed by atoms with van der Waals surface area (Å²) in [6.45, 7) is 0.204. The summed E-state index contributed by atoms with van der Waals surface area (Å²) >= 11 is 0. The second-order valence-electron chi connectivity index (χ2n) is 8.82. The van der Waals surface area contributed by atoms with E-state index in [2.05, 4.69) is 15.7 Å². The normalized spacial score (nSPS) is 11.2. The third-order valence-electron chi connectivity index (χ3n) is 5.80. The predicted molar refractivity (Wildman–Crippen MR) is 162 cm³/mol. The van der Waals surface area contributed by atoms with Gasteiger partial charge in [0, 0.05) is 23.1 Å². The number of carboxylic acid groups (broad SMARTS) is 1. The van der Waals surface area contributed by atoms with Gasteiger partial charge in [-0.05, 0) is 41.5 Å². The first-order chi connectivity index (χ1) is 19.1. The number of nitrogens with two attached hydrogens (primary N) is 1. The number of carbonyl (C=O) groups excluding carboxylic acids is 1. The first kappa shape index (κ1) is 30.4. The Balaban J connectivity index is 0.00000462. The number of rotatable bonds is 8. The van der Waals surface area contributed by atoms with E-state index in [1.165, 1.54) is 5.01 Å². The molecule has 0 saturated heterocycles. The van der Waals surface area contributed by atoms with Gasteiger partial charge in [-0.2, -0.15) is 4.99 Å². The lowest BCUT2D eigenvalue weighted by molar-refractivity contribution is 0.205. The second kappa shape index (κ2) is 13.3. The smallest absolute Gasteiger partial charge is 0.433 e. The van der Waals surface area contributed by atoms with Crippen molar-refractivity contribution in [2.24, 2.45) is 10.7 Å². The van der Waals surface area contributed by atoms with E-state index in [4.69, 9.17) is 10.8 Å². The maximum Gasteiger partial charge on any atom is 0.433 e. The fourth-order valence-corrected chi connectivity index (χ4v) is 4.86. The Hall–Kier alpha value is -5.16. The maximum atomic E-state index is 13.4. The lowest BCUT2D eigenvalue weighted by Gasteiger charge is -2.25. The van der Waals surface area contributed by atoms with Crippen LogP contribution in [0.25, 0.3) is 11.1 Å². The van der Waals surface area contributed by atoms with E-state index in [9.17, 15) is 18.0 Å². The van der Waals surface area contributed by atoms with E-state index >= 15 is 0 Å². The highest BCUT2D eigenvalue weighted by Gasteiger charge is 2.17. The number of hydrogen-bond donors (Lipinski definition) is 4. The first-order valence-corrected chi connectivity index (χ1v) is 14.0. The van der Waals surface area contributed by atoms with Crippen molar-refractivity contribution < 1.29 is 23.1 Å². The molecule has 0 atom stereocenters. The van der Waals surface area contributed by atoms with Crippen molar-refractivity contribution in [2.45, 2.75) is 18.9 Å². The number of nitrogens with zero attached hydrogens (tertiary/aromatic N) is 2. The molecule has 0 heterocycles. The number of hydrogen-bond acceptors (Lipinski definition) is 5. The number of amidine groups is 1. The predicted octanol–water partition coefficient (Wildman–Crippen LogP) is 5.84. The summed E-state index contributed by atoms with van der Waals surface area (Å²) in [6.07, 6.45) is -0.246. The summed E-state index contributed by atoms with van der Waals surface area (Å²) in [5.41, 5.74) is 12.3. The van der Waals surface area contributed by atoms with Crippen LogP contribution in [0, 0.1) is 0 Å². The van der Waals surface area contributed by atoms with Crippen LogP contribution in [0.2, 0.25) is 0 Å². The van der Waals surface area contributed by atoms with Gasteiger partial charge < -0.3 is 16.2 Å². The van der Waals surface area contributed by atoms with Crippen molar-refractivity contribution >= 4 is 39.2 Å². The lowest BCUT2D eigenvalue weighted by atomic mass is 10.1. The molecule has 11 heteroatoms. The van der Waals surface area contributed by atoms with Gasteiger partial charge in [0.2, 0.25) is 0 Å². The molecule has 0 saturated carbocycles. The molecule has 41 heavy (non-hydrogen) atoms. The van der Waals surface area contributed by atoms with E-state index in [-0.39, 0.29) is 24.7 Å².